The van der Waals surface area contributed by atoms with Crippen molar-refractivity contribution in [3.05, 3.63) is 94.2 Å². The number of anilines is 1. The molecular formula is C26H29BrN2O2. The summed E-state index contributed by atoms with van der Waals surface area (Å²) in [6.45, 7) is 0.996. The number of aromatic nitrogens is 1. The van der Waals surface area contributed by atoms with E-state index < -0.39 is 0 Å². The Bertz CT molecular complexity index is 944. The minimum atomic E-state index is 0.317. The molecule has 4 nitrogen and oxygen atoms in total. The van der Waals surface area contributed by atoms with Gasteiger partial charge in [0, 0.05) is 13.3 Å². The molecule has 0 aliphatic heterocycles. The Morgan fingerprint density at radius 1 is 0.903 bits per heavy atom. The number of hydrogen-bond donors (Lipinski definition) is 0. The quantitative estimate of drug-likeness (QED) is 0.337. The summed E-state index contributed by atoms with van der Waals surface area (Å²) in [5.41, 5.74) is 4.50. The first-order chi connectivity index (χ1) is 15.3. The van der Waals surface area contributed by atoms with Crippen LogP contribution < -0.4 is 5.06 Å². The predicted octanol–water partition coefficient (Wildman–Crippen LogP) is 6.66. The van der Waals surface area contributed by atoms with Gasteiger partial charge in [-0.2, -0.15) is 0 Å². The Hall–Kier alpha value is -2.21. The molecule has 1 aliphatic rings. The van der Waals surface area contributed by atoms with Crippen LogP contribution in [-0.4, -0.2) is 18.1 Å². The zero-order chi connectivity index (χ0) is 21.5. The summed E-state index contributed by atoms with van der Waals surface area (Å²) in [5, 5.41) is 2.11. The van der Waals surface area contributed by atoms with Crippen molar-refractivity contribution in [2.75, 3.05) is 12.2 Å². The summed E-state index contributed by atoms with van der Waals surface area (Å²) >= 11 is 3.76. The smallest absolute Gasteiger partial charge is 0.0999 e. The molecule has 1 saturated carbocycles. The molecule has 0 atom stereocenters. The second-order valence-corrected chi connectivity index (χ2v) is 8.82. The maximum absolute atomic E-state index is 6.44. The second kappa shape index (κ2) is 10.9. The Labute approximate surface area is 193 Å². The lowest BCUT2D eigenvalue weighted by atomic mass is 9.81. The van der Waals surface area contributed by atoms with Crippen molar-refractivity contribution in [2.24, 2.45) is 0 Å². The normalized spacial score (nSPS) is 18.6. The molecule has 1 fully saturated rings. The van der Waals surface area contributed by atoms with E-state index in [1.807, 2.05) is 30.5 Å². The van der Waals surface area contributed by atoms with Crippen molar-refractivity contribution in [2.45, 2.75) is 50.9 Å². The highest BCUT2D eigenvalue weighted by atomic mass is 79.9. The van der Waals surface area contributed by atoms with Crippen molar-refractivity contribution in [3.63, 3.8) is 0 Å². The summed E-state index contributed by atoms with van der Waals surface area (Å²) in [5.74, 6) is 0.623. The van der Waals surface area contributed by atoms with Crippen LogP contribution in [0.1, 0.15) is 48.4 Å². The average Bonchev–Trinajstić information content (AvgIpc) is 2.83. The van der Waals surface area contributed by atoms with Gasteiger partial charge in [0.25, 0.3) is 0 Å². The molecule has 0 saturated heterocycles. The number of methoxy groups -OCH3 is 1. The van der Waals surface area contributed by atoms with E-state index in [1.165, 1.54) is 5.56 Å². The molecule has 0 bridgehead atoms. The van der Waals surface area contributed by atoms with Gasteiger partial charge in [0.2, 0.25) is 0 Å². The third-order valence-corrected chi connectivity index (χ3v) is 6.84. The van der Waals surface area contributed by atoms with E-state index in [4.69, 9.17) is 9.57 Å². The van der Waals surface area contributed by atoms with Crippen molar-refractivity contribution < 1.29 is 9.57 Å². The van der Waals surface area contributed by atoms with Crippen LogP contribution in [0.25, 0.3) is 0 Å². The lowest BCUT2D eigenvalue weighted by molar-refractivity contribution is 0.0620. The largest absolute Gasteiger partial charge is 0.378 e. The van der Waals surface area contributed by atoms with E-state index in [0.29, 0.717) is 25.2 Å². The number of ether oxygens (including phenoxy) is 1. The summed E-state index contributed by atoms with van der Waals surface area (Å²) < 4.78 is 6.27. The minimum absolute atomic E-state index is 0.317. The van der Waals surface area contributed by atoms with Crippen LogP contribution in [0.5, 0.6) is 0 Å². The van der Waals surface area contributed by atoms with Gasteiger partial charge in [0.05, 0.1) is 35.1 Å². The molecule has 1 aromatic heterocycles. The fourth-order valence-electron chi connectivity index (χ4n) is 4.34. The van der Waals surface area contributed by atoms with Crippen LogP contribution in [0, 0.1) is 0 Å². The lowest BCUT2D eigenvalue weighted by Gasteiger charge is -2.38. The van der Waals surface area contributed by atoms with Crippen molar-refractivity contribution >= 4 is 21.6 Å². The number of hydrogen-bond acceptors (Lipinski definition) is 4. The van der Waals surface area contributed by atoms with Crippen molar-refractivity contribution in [1.29, 1.82) is 0 Å². The maximum atomic E-state index is 6.44. The minimum Gasteiger partial charge on any atom is -0.378 e. The Kier molecular flexibility index (Phi) is 7.73. The monoisotopic (exact) mass is 480 g/mol. The number of benzene rings is 2. The van der Waals surface area contributed by atoms with E-state index >= 15 is 0 Å². The van der Waals surface area contributed by atoms with Gasteiger partial charge in [0.1, 0.15) is 0 Å². The highest BCUT2D eigenvalue weighted by Gasteiger charge is 2.29. The summed E-state index contributed by atoms with van der Waals surface area (Å²) in [6, 6.07) is 23.6. The molecule has 31 heavy (non-hydrogen) atoms. The Balaban J connectivity index is 1.54. The van der Waals surface area contributed by atoms with E-state index in [9.17, 15) is 0 Å². The molecule has 0 unspecified atom stereocenters. The first kappa shape index (κ1) is 22.0. The van der Waals surface area contributed by atoms with Crippen LogP contribution in [0.3, 0.4) is 0 Å². The highest BCUT2D eigenvalue weighted by molar-refractivity contribution is 9.10. The molecule has 5 heteroatoms. The molecule has 0 N–H and O–H groups in total. The van der Waals surface area contributed by atoms with E-state index in [2.05, 4.69) is 68.4 Å². The Morgan fingerprint density at radius 3 is 2.26 bits per heavy atom. The van der Waals surface area contributed by atoms with Gasteiger partial charge >= 0.3 is 0 Å². The van der Waals surface area contributed by atoms with Gasteiger partial charge in [0.15, 0.2) is 0 Å². The number of rotatable bonds is 8. The number of pyridine rings is 1. The fraction of sp³-hybridized carbons (Fsp3) is 0.346. The summed E-state index contributed by atoms with van der Waals surface area (Å²) in [4.78, 5) is 10.9. The van der Waals surface area contributed by atoms with Crippen LogP contribution >= 0.6 is 15.9 Å². The van der Waals surface area contributed by atoms with Crippen LogP contribution in [0.2, 0.25) is 0 Å². The maximum Gasteiger partial charge on any atom is 0.0999 e. The SMILES string of the molecule is COCc1nccc(N(OCc2ccccc2)[C@H]2CC[C@@H](c3ccccc3)CC2)c1Br. The Morgan fingerprint density at radius 2 is 1.58 bits per heavy atom. The zero-order valence-electron chi connectivity index (χ0n) is 17.9. The lowest BCUT2D eigenvalue weighted by Crippen LogP contribution is -2.38. The molecule has 1 aliphatic carbocycles. The predicted molar refractivity (Wildman–Crippen MR) is 128 cm³/mol. The van der Waals surface area contributed by atoms with Gasteiger partial charge in [-0.3, -0.25) is 9.82 Å². The molecule has 162 valence electrons. The first-order valence-corrected chi connectivity index (χ1v) is 11.7. The molecule has 0 amide bonds. The van der Waals surface area contributed by atoms with E-state index in [1.54, 1.807) is 7.11 Å². The second-order valence-electron chi connectivity index (χ2n) is 8.02. The number of halogens is 1. The molecule has 0 radical (unpaired) electrons. The molecule has 0 spiro atoms. The van der Waals surface area contributed by atoms with Crippen molar-refractivity contribution in [1.82, 2.24) is 4.98 Å². The summed E-state index contributed by atoms with van der Waals surface area (Å²) in [7, 11) is 1.69. The molecule has 2 aromatic carbocycles. The van der Waals surface area contributed by atoms with Gasteiger partial charge in [-0.1, -0.05) is 60.7 Å². The van der Waals surface area contributed by atoms with Crippen LogP contribution in [0.4, 0.5) is 5.69 Å². The van der Waals surface area contributed by atoms with Gasteiger partial charge < -0.3 is 4.74 Å². The van der Waals surface area contributed by atoms with Gasteiger partial charge in [-0.05, 0) is 64.7 Å². The van der Waals surface area contributed by atoms with Crippen molar-refractivity contribution in [3.8, 4) is 0 Å². The average molecular weight is 481 g/mol. The molecule has 3 aromatic rings. The van der Waals surface area contributed by atoms with Crippen LogP contribution in [-0.2, 0) is 22.8 Å². The molecule has 1 heterocycles. The van der Waals surface area contributed by atoms with Gasteiger partial charge in [-0.15, -0.1) is 0 Å². The topological polar surface area (TPSA) is 34.6 Å². The third kappa shape index (κ3) is 5.53. The van der Waals surface area contributed by atoms with E-state index in [-0.39, 0.29) is 0 Å². The number of hydroxylamine groups is 1. The zero-order valence-corrected chi connectivity index (χ0v) is 19.5. The van der Waals surface area contributed by atoms with Gasteiger partial charge in [-0.25, -0.2) is 5.06 Å². The van der Waals surface area contributed by atoms with Crippen LogP contribution in [0.15, 0.2) is 77.4 Å². The van der Waals surface area contributed by atoms with E-state index in [0.717, 1.165) is 47.1 Å². The number of nitrogens with zero attached hydrogens (tertiary/aromatic N) is 2. The highest BCUT2D eigenvalue weighted by Crippen LogP contribution is 2.39. The summed E-state index contributed by atoms with van der Waals surface area (Å²) in [6.07, 6.45) is 6.33. The molecular weight excluding hydrogens is 452 g/mol. The fourth-order valence-corrected chi connectivity index (χ4v) is 4.87. The standard InChI is InChI=1S/C26H29BrN2O2/c1-30-19-24-26(27)25(16-17-28-24)29(31-18-20-8-4-2-5-9-20)23-14-12-22(13-15-23)21-10-6-3-7-11-21/h2-11,16-17,22-23H,12-15,18-19H2,1H3/t22-,23+. The third-order valence-electron chi connectivity index (χ3n) is 5.97. The first-order valence-electron chi connectivity index (χ1n) is 10.9. The molecule has 4 rings (SSSR count).